The van der Waals surface area contributed by atoms with Gasteiger partial charge in [-0.15, -0.1) is 11.3 Å². The maximum absolute atomic E-state index is 5.46. The molecule has 0 aliphatic rings. The molecule has 2 aromatic rings. The summed E-state index contributed by atoms with van der Waals surface area (Å²) >= 11 is 5.39. The van der Waals surface area contributed by atoms with Gasteiger partial charge in [-0.1, -0.05) is 12.1 Å². The van der Waals surface area contributed by atoms with Gasteiger partial charge in [-0.2, -0.15) is 0 Å². The van der Waals surface area contributed by atoms with Crippen LogP contribution in [0.4, 0.5) is 0 Å². The van der Waals surface area contributed by atoms with Crippen LogP contribution >= 0.6 is 27.3 Å². The molecule has 2 rings (SSSR count). The Bertz CT molecular complexity index is 531. The highest BCUT2D eigenvalue weighted by atomic mass is 79.9. The highest BCUT2D eigenvalue weighted by molar-refractivity contribution is 9.10. The molecule has 1 atom stereocenters. The SMILES string of the molecule is CCOc1ccc(C(C)NCc2cc(Br)c(C)s2)cc1. The van der Waals surface area contributed by atoms with Crippen LogP contribution < -0.4 is 10.1 Å². The summed E-state index contributed by atoms with van der Waals surface area (Å²) in [5.41, 5.74) is 1.28. The Morgan fingerprint density at radius 1 is 1.30 bits per heavy atom. The lowest BCUT2D eigenvalue weighted by Gasteiger charge is -2.14. The lowest BCUT2D eigenvalue weighted by molar-refractivity contribution is 0.340. The number of rotatable bonds is 6. The van der Waals surface area contributed by atoms with Gasteiger partial charge in [-0.3, -0.25) is 0 Å². The molecule has 0 amide bonds. The van der Waals surface area contributed by atoms with Crippen LogP contribution in [0.5, 0.6) is 5.75 Å². The lowest BCUT2D eigenvalue weighted by atomic mass is 10.1. The molecule has 0 aliphatic carbocycles. The van der Waals surface area contributed by atoms with Crippen molar-refractivity contribution in [3.05, 3.63) is 50.1 Å². The fourth-order valence-corrected chi connectivity index (χ4v) is 3.55. The second-order valence-electron chi connectivity index (χ2n) is 4.72. The third-order valence-corrected chi connectivity index (χ3v) is 5.32. The fraction of sp³-hybridized carbons (Fsp3) is 0.375. The molecule has 0 fully saturated rings. The first-order valence-corrected chi connectivity index (χ1v) is 8.42. The predicted molar refractivity (Wildman–Crippen MR) is 89.6 cm³/mol. The smallest absolute Gasteiger partial charge is 0.119 e. The molecule has 4 heteroatoms. The Balaban J connectivity index is 1.92. The van der Waals surface area contributed by atoms with Crippen molar-refractivity contribution in [1.82, 2.24) is 5.32 Å². The highest BCUT2D eigenvalue weighted by Gasteiger charge is 2.07. The average Bonchev–Trinajstić information content (AvgIpc) is 2.76. The summed E-state index contributed by atoms with van der Waals surface area (Å²) in [6.07, 6.45) is 0. The summed E-state index contributed by atoms with van der Waals surface area (Å²) in [6.45, 7) is 7.92. The van der Waals surface area contributed by atoms with Crippen LogP contribution in [0.1, 0.15) is 35.2 Å². The summed E-state index contributed by atoms with van der Waals surface area (Å²) in [4.78, 5) is 2.68. The normalized spacial score (nSPS) is 12.4. The molecule has 20 heavy (non-hydrogen) atoms. The van der Waals surface area contributed by atoms with Gasteiger partial charge in [-0.25, -0.2) is 0 Å². The molecule has 1 aromatic heterocycles. The number of hydrogen-bond donors (Lipinski definition) is 1. The largest absolute Gasteiger partial charge is 0.494 e. The molecule has 1 heterocycles. The van der Waals surface area contributed by atoms with E-state index in [4.69, 9.17) is 4.74 Å². The molecule has 0 spiro atoms. The maximum atomic E-state index is 5.46. The summed E-state index contributed by atoms with van der Waals surface area (Å²) in [5.74, 6) is 0.932. The first-order valence-electron chi connectivity index (χ1n) is 6.81. The third kappa shape index (κ3) is 4.08. The van der Waals surface area contributed by atoms with E-state index in [-0.39, 0.29) is 0 Å². The Morgan fingerprint density at radius 2 is 2.00 bits per heavy atom. The minimum Gasteiger partial charge on any atom is -0.494 e. The first-order chi connectivity index (χ1) is 9.60. The number of thiophene rings is 1. The quantitative estimate of drug-likeness (QED) is 0.782. The second-order valence-corrected chi connectivity index (χ2v) is 6.92. The summed E-state index contributed by atoms with van der Waals surface area (Å²) in [7, 11) is 0. The Hall–Kier alpha value is -0.840. The highest BCUT2D eigenvalue weighted by Crippen LogP contribution is 2.27. The van der Waals surface area contributed by atoms with E-state index in [1.54, 1.807) is 0 Å². The maximum Gasteiger partial charge on any atom is 0.119 e. The van der Waals surface area contributed by atoms with Crippen LogP contribution in [0, 0.1) is 6.92 Å². The van der Waals surface area contributed by atoms with E-state index in [2.05, 4.69) is 53.3 Å². The Labute approximate surface area is 133 Å². The van der Waals surface area contributed by atoms with E-state index < -0.39 is 0 Å². The van der Waals surface area contributed by atoms with Gasteiger partial charge in [0.25, 0.3) is 0 Å². The van der Waals surface area contributed by atoms with Crippen LogP contribution in [-0.2, 0) is 6.54 Å². The molecule has 1 unspecified atom stereocenters. The molecule has 108 valence electrons. The molecule has 1 aromatic carbocycles. The first kappa shape index (κ1) is 15.5. The van der Waals surface area contributed by atoms with Gasteiger partial charge in [0.15, 0.2) is 0 Å². The summed E-state index contributed by atoms with van der Waals surface area (Å²) in [6, 6.07) is 10.8. The Morgan fingerprint density at radius 3 is 2.55 bits per heavy atom. The standard InChI is InChI=1S/C16H20BrNOS/c1-4-19-14-7-5-13(6-8-14)11(2)18-10-15-9-16(17)12(3)20-15/h5-9,11,18H,4,10H2,1-3H3. The van der Waals surface area contributed by atoms with Crippen molar-refractivity contribution >= 4 is 27.3 Å². The molecular formula is C16H20BrNOS. The van der Waals surface area contributed by atoms with E-state index in [9.17, 15) is 0 Å². The van der Waals surface area contributed by atoms with Crippen molar-refractivity contribution in [3.63, 3.8) is 0 Å². The minimum absolute atomic E-state index is 0.326. The zero-order chi connectivity index (χ0) is 14.5. The van der Waals surface area contributed by atoms with E-state index >= 15 is 0 Å². The van der Waals surface area contributed by atoms with Crippen molar-refractivity contribution in [3.8, 4) is 5.75 Å². The number of ether oxygens (including phenoxy) is 1. The molecule has 0 radical (unpaired) electrons. The lowest BCUT2D eigenvalue weighted by Crippen LogP contribution is -2.17. The van der Waals surface area contributed by atoms with Crippen LogP contribution in [0.15, 0.2) is 34.8 Å². The van der Waals surface area contributed by atoms with Crippen molar-refractivity contribution in [2.75, 3.05) is 6.61 Å². The van der Waals surface area contributed by atoms with Gasteiger partial charge in [0.2, 0.25) is 0 Å². The zero-order valence-corrected chi connectivity index (χ0v) is 14.5. The van der Waals surface area contributed by atoms with Crippen LogP contribution in [0.2, 0.25) is 0 Å². The average molecular weight is 354 g/mol. The van der Waals surface area contributed by atoms with Crippen LogP contribution in [0.25, 0.3) is 0 Å². The van der Waals surface area contributed by atoms with Gasteiger partial charge in [-0.05, 0) is 60.5 Å². The molecule has 2 nitrogen and oxygen atoms in total. The molecule has 0 aliphatic heterocycles. The van der Waals surface area contributed by atoms with E-state index in [0.717, 1.165) is 12.3 Å². The monoisotopic (exact) mass is 353 g/mol. The topological polar surface area (TPSA) is 21.3 Å². The van der Waals surface area contributed by atoms with E-state index in [1.807, 2.05) is 30.4 Å². The van der Waals surface area contributed by atoms with E-state index in [0.29, 0.717) is 12.6 Å². The van der Waals surface area contributed by atoms with Crippen LogP contribution in [-0.4, -0.2) is 6.61 Å². The van der Waals surface area contributed by atoms with Crippen LogP contribution in [0.3, 0.4) is 0 Å². The second kappa shape index (κ2) is 7.25. The van der Waals surface area contributed by atoms with Gasteiger partial charge >= 0.3 is 0 Å². The van der Waals surface area contributed by atoms with Gasteiger partial charge in [0.1, 0.15) is 5.75 Å². The number of nitrogens with one attached hydrogen (secondary N) is 1. The van der Waals surface area contributed by atoms with Gasteiger partial charge in [0, 0.05) is 26.8 Å². The van der Waals surface area contributed by atoms with Crippen molar-refractivity contribution in [2.45, 2.75) is 33.4 Å². The summed E-state index contributed by atoms with van der Waals surface area (Å²) < 4.78 is 6.66. The Kier molecular flexibility index (Phi) is 5.64. The molecule has 0 saturated heterocycles. The number of halogens is 1. The number of benzene rings is 1. The number of hydrogen-bond acceptors (Lipinski definition) is 3. The van der Waals surface area contributed by atoms with E-state index in [1.165, 1.54) is 19.8 Å². The number of aryl methyl sites for hydroxylation is 1. The molecule has 0 bridgehead atoms. The van der Waals surface area contributed by atoms with Crippen molar-refractivity contribution < 1.29 is 4.74 Å². The van der Waals surface area contributed by atoms with Gasteiger partial charge in [0.05, 0.1) is 6.61 Å². The molecule has 0 saturated carbocycles. The molecular weight excluding hydrogens is 334 g/mol. The van der Waals surface area contributed by atoms with Crippen molar-refractivity contribution in [2.24, 2.45) is 0 Å². The van der Waals surface area contributed by atoms with Gasteiger partial charge < -0.3 is 10.1 Å². The third-order valence-electron chi connectivity index (χ3n) is 3.18. The van der Waals surface area contributed by atoms with Crippen molar-refractivity contribution in [1.29, 1.82) is 0 Å². The minimum atomic E-state index is 0.326. The summed E-state index contributed by atoms with van der Waals surface area (Å²) in [5, 5.41) is 3.56. The zero-order valence-electron chi connectivity index (χ0n) is 12.1. The molecule has 1 N–H and O–H groups in total. The fourth-order valence-electron chi connectivity index (χ4n) is 2.00. The predicted octanol–water partition coefficient (Wildman–Crippen LogP) is 5.07.